The van der Waals surface area contributed by atoms with Crippen LogP contribution in [0.4, 0.5) is 13.2 Å². The standard InChI is InChI=1S/C13H19F3N2/c1-8(2)18-10(4)9(3)11-7-17-6-5-12(11)13(14,15)16/h5-10,18H,1-4H3. The molecular weight excluding hydrogens is 241 g/mol. The molecule has 0 amide bonds. The maximum Gasteiger partial charge on any atom is 0.416 e. The number of rotatable bonds is 4. The minimum Gasteiger partial charge on any atom is -0.311 e. The van der Waals surface area contributed by atoms with Gasteiger partial charge in [0, 0.05) is 24.5 Å². The van der Waals surface area contributed by atoms with Crippen LogP contribution >= 0.6 is 0 Å². The van der Waals surface area contributed by atoms with E-state index in [0.29, 0.717) is 0 Å². The van der Waals surface area contributed by atoms with Crippen LogP contribution in [0, 0.1) is 0 Å². The Labute approximate surface area is 106 Å². The Bertz CT molecular complexity index is 388. The van der Waals surface area contributed by atoms with Crippen molar-refractivity contribution in [1.29, 1.82) is 0 Å². The summed E-state index contributed by atoms with van der Waals surface area (Å²) < 4.78 is 38.7. The maximum absolute atomic E-state index is 12.9. The zero-order valence-electron chi connectivity index (χ0n) is 11.0. The van der Waals surface area contributed by atoms with Gasteiger partial charge in [-0.25, -0.2) is 0 Å². The van der Waals surface area contributed by atoms with E-state index < -0.39 is 11.7 Å². The normalized spacial score (nSPS) is 15.8. The lowest BCUT2D eigenvalue weighted by Crippen LogP contribution is -2.36. The van der Waals surface area contributed by atoms with E-state index in [1.165, 1.54) is 12.4 Å². The first-order valence-electron chi connectivity index (χ1n) is 6.00. The van der Waals surface area contributed by atoms with Gasteiger partial charge in [0.05, 0.1) is 5.56 Å². The van der Waals surface area contributed by atoms with Gasteiger partial charge < -0.3 is 5.32 Å². The fourth-order valence-electron chi connectivity index (χ4n) is 1.97. The molecule has 2 atom stereocenters. The topological polar surface area (TPSA) is 24.9 Å². The van der Waals surface area contributed by atoms with E-state index in [1.54, 1.807) is 6.92 Å². The molecule has 0 aliphatic heterocycles. The van der Waals surface area contributed by atoms with Crippen molar-refractivity contribution in [3.8, 4) is 0 Å². The van der Waals surface area contributed by atoms with Crippen molar-refractivity contribution in [2.45, 2.75) is 51.9 Å². The minimum absolute atomic E-state index is 0.0460. The second kappa shape index (κ2) is 5.69. The van der Waals surface area contributed by atoms with Crippen molar-refractivity contribution in [2.24, 2.45) is 0 Å². The molecule has 0 spiro atoms. The second-order valence-corrected chi connectivity index (χ2v) is 4.86. The number of hydrogen-bond acceptors (Lipinski definition) is 2. The van der Waals surface area contributed by atoms with Gasteiger partial charge in [-0.3, -0.25) is 4.98 Å². The van der Waals surface area contributed by atoms with Crippen molar-refractivity contribution in [3.05, 3.63) is 29.6 Å². The zero-order chi connectivity index (χ0) is 13.9. The molecule has 5 heteroatoms. The molecule has 0 aromatic carbocycles. The van der Waals surface area contributed by atoms with Gasteiger partial charge in [-0.15, -0.1) is 0 Å². The SMILES string of the molecule is CC(C)NC(C)C(C)c1cnccc1C(F)(F)F. The molecule has 2 unspecified atom stereocenters. The van der Waals surface area contributed by atoms with Crippen molar-refractivity contribution in [1.82, 2.24) is 10.3 Å². The Hall–Kier alpha value is -1.10. The van der Waals surface area contributed by atoms with Crippen LogP contribution in [-0.2, 0) is 6.18 Å². The van der Waals surface area contributed by atoms with Crippen LogP contribution in [0.2, 0.25) is 0 Å². The number of hydrogen-bond donors (Lipinski definition) is 1. The molecule has 1 rings (SSSR count). The fraction of sp³-hybridized carbons (Fsp3) is 0.615. The minimum atomic E-state index is -4.33. The van der Waals surface area contributed by atoms with Gasteiger partial charge in [-0.05, 0) is 24.5 Å². The highest BCUT2D eigenvalue weighted by atomic mass is 19.4. The Morgan fingerprint density at radius 3 is 2.28 bits per heavy atom. The van der Waals surface area contributed by atoms with E-state index in [9.17, 15) is 13.2 Å². The van der Waals surface area contributed by atoms with Crippen LogP contribution in [-0.4, -0.2) is 17.1 Å². The largest absolute Gasteiger partial charge is 0.416 e. The molecule has 1 heterocycles. The van der Waals surface area contributed by atoms with E-state index in [0.717, 1.165) is 6.07 Å². The molecule has 102 valence electrons. The maximum atomic E-state index is 12.9. The van der Waals surface area contributed by atoms with Crippen LogP contribution < -0.4 is 5.32 Å². The molecule has 0 aliphatic rings. The number of alkyl halides is 3. The smallest absolute Gasteiger partial charge is 0.311 e. The van der Waals surface area contributed by atoms with E-state index >= 15 is 0 Å². The van der Waals surface area contributed by atoms with E-state index in [1.807, 2.05) is 20.8 Å². The van der Waals surface area contributed by atoms with Gasteiger partial charge in [0.25, 0.3) is 0 Å². The Morgan fingerprint density at radius 1 is 1.17 bits per heavy atom. The summed E-state index contributed by atoms with van der Waals surface area (Å²) in [6.07, 6.45) is -1.84. The molecule has 0 saturated heterocycles. The summed E-state index contributed by atoms with van der Waals surface area (Å²) in [5, 5.41) is 3.22. The summed E-state index contributed by atoms with van der Waals surface area (Å²) >= 11 is 0. The highest BCUT2D eigenvalue weighted by molar-refractivity contribution is 5.30. The quantitative estimate of drug-likeness (QED) is 0.894. The fourth-order valence-corrected chi connectivity index (χ4v) is 1.97. The molecule has 2 nitrogen and oxygen atoms in total. The Morgan fingerprint density at radius 2 is 1.78 bits per heavy atom. The Balaban J connectivity index is 3.02. The Kier molecular flexibility index (Phi) is 4.73. The van der Waals surface area contributed by atoms with Crippen LogP contribution in [0.1, 0.15) is 44.7 Å². The first-order chi connectivity index (χ1) is 8.23. The molecule has 1 N–H and O–H groups in total. The molecule has 1 aromatic rings. The average Bonchev–Trinajstić information content (AvgIpc) is 2.26. The van der Waals surface area contributed by atoms with E-state index in [4.69, 9.17) is 0 Å². The lowest BCUT2D eigenvalue weighted by Gasteiger charge is -2.26. The summed E-state index contributed by atoms with van der Waals surface area (Å²) in [7, 11) is 0. The summed E-state index contributed by atoms with van der Waals surface area (Å²) in [6, 6.07) is 1.22. The van der Waals surface area contributed by atoms with Gasteiger partial charge in [0.15, 0.2) is 0 Å². The first-order valence-corrected chi connectivity index (χ1v) is 6.00. The van der Waals surface area contributed by atoms with Crippen molar-refractivity contribution in [2.75, 3.05) is 0 Å². The summed E-state index contributed by atoms with van der Waals surface area (Å²) in [6.45, 7) is 7.61. The molecule has 0 radical (unpaired) electrons. The van der Waals surface area contributed by atoms with Gasteiger partial charge in [-0.2, -0.15) is 13.2 Å². The number of halogens is 3. The molecular formula is C13H19F3N2. The van der Waals surface area contributed by atoms with E-state index in [-0.39, 0.29) is 23.6 Å². The number of aromatic nitrogens is 1. The third kappa shape index (κ3) is 3.70. The zero-order valence-corrected chi connectivity index (χ0v) is 11.0. The third-order valence-corrected chi connectivity index (χ3v) is 2.99. The van der Waals surface area contributed by atoms with Crippen LogP contribution in [0.15, 0.2) is 18.5 Å². The molecule has 0 bridgehead atoms. The lowest BCUT2D eigenvalue weighted by molar-refractivity contribution is -0.138. The van der Waals surface area contributed by atoms with Crippen molar-refractivity contribution in [3.63, 3.8) is 0 Å². The van der Waals surface area contributed by atoms with Gasteiger partial charge in [0.2, 0.25) is 0 Å². The molecule has 0 fully saturated rings. The van der Waals surface area contributed by atoms with Gasteiger partial charge in [0.1, 0.15) is 0 Å². The summed E-state index contributed by atoms with van der Waals surface area (Å²) in [5.74, 6) is -0.252. The first kappa shape index (κ1) is 15.0. The van der Waals surface area contributed by atoms with Crippen LogP contribution in [0.25, 0.3) is 0 Å². The van der Waals surface area contributed by atoms with Crippen LogP contribution in [0.3, 0.4) is 0 Å². The highest BCUT2D eigenvalue weighted by Crippen LogP contribution is 2.35. The predicted molar refractivity (Wildman–Crippen MR) is 65.4 cm³/mol. The van der Waals surface area contributed by atoms with Crippen molar-refractivity contribution >= 4 is 0 Å². The number of nitrogens with zero attached hydrogens (tertiary/aromatic N) is 1. The summed E-state index contributed by atoms with van der Waals surface area (Å²) in [4.78, 5) is 3.81. The van der Waals surface area contributed by atoms with E-state index in [2.05, 4.69) is 10.3 Å². The number of pyridine rings is 1. The number of nitrogens with one attached hydrogen (secondary N) is 1. The lowest BCUT2D eigenvalue weighted by atomic mass is 9.91. The molecule has 1 aromatic heterocycles. The van der Waals surface area contributed by atoms with Gasteiger partial charge in [-0.1, -0.05) is 20.8 Å². The average molecular weight is 260 g/mol. The highest BCUT2D eigenvalue weighted by Gasteiger charge is 2.35. The predicted octanol–water partition coefficient (Wildman–Crippen LogP) is 3.59. The van der Waals surface area contributed by atoms with Gasteiger partial charge >= 0.3 is 6.18 Å². The third-order valence-electron chi connectivity index (χ3n) is 2.99. The summed E-state index contributed by atoms with van der Waals surface area (Å²) in [5.41, 5.74) is -0.354. The monoisotopic (exact) mass is 260 g/mol. The second-order valence-electron chi connectivity index (χ2n) is 4.86. The van der Waals surface area contributed by atoms with Crippen molar-refractivity contribution < 1.29 is 13.2 Å². The molecule has 0 saturated carbocycles. The molecule has 18 heavy (non-hydrogen) atoms. The van der Waals surface area contributed by atoms with Crippen LogP contribution in [0.5, 0.6) is 0 Å². The molecule has 0 aliphatic carbocycles.